The van der Waals surface area contributed by atoms with Gasteiger partial charge in [-0.15, -0.1) is 0 Å². The van der Waals surface area contributed by atoms with Gasteiger partial charge >= 0.3 is 0 Å². The summed E-state index contributed by atoms with van der Waals surface area (Å²) in [6, 6.07) is 8.94. The molecule has 1 aromatic heterocycles. The summed E-state index contributed by atoms with van der Waals surface area (Å²) < 4.78 is 5.55. The third kappa shape index (κ3) is 3.16. The van der Waals surface area contributed by atoms with Crippen LogP contribution in [0.2, 0.25) is 5.02 Å². The Kier molecular flexibility index (Phi) is 4.24. The maximum atomic E-state index is 11.7. The first kappa shape index (κ1) is 13.6. The molecule has 0 saturated carbocycles. The summed E-state index contributed by atoms with van der Waals surface area (Å²) in [5, 5.41) is 3.33. The van der Waals surface area contributed by atoms with Gasteiger partial charge < -0.3 is 15.5 Å². The largest absolute Gasteiger partial charge is 0.451 e. The second-order valence-electron chi connectivity index (χ2n) is 4.17. The standard InChI is InChI=1S/C14H15ClN2O2/c1-9-8-10(15)2-3-11(9)12-4-5-13(19-12)14(18)17-7-6-16/h2-5,8H,6-7,16H2,1H3,(H,17,18). The molecule has 1 aromatic carbocycles. The molecule has 0 aliphatic heterocycles. The van der Waals surface area contributed by atoms with Gasteiger partial charge in [0.15, 0.2) is 5.76 Å². The van der Waals surface area contributed by atoms with E-state index in [2.05, 4.69) is 5.32 Å². The van der Waals surface area contributed by atoms with Crippen molar-refractivity contribution in [2.45, 2.75) is 6.92 Å². The molecule has 19 heavy (non-hydrogen) atoms. The highest BCUT2D eigenvalue weighted by Gasteiger charge is 2.12. The molecule has 0 atom stereocenters. The van der Waals surface area contributed by atoms with Crippen molar-refractivity contribution in [3.05, 3.63) is 46.7 Å². The number of aryl methyl sites for hydroxylation is 1. The van der Waals surface area contributed by atoms with E-state index in [-0.39, 0.29) is 11.7 Å². The van der Waals surface area contributed by atoms with Crippen LogP contribution < -0.4 is 11.1 Å². The van der Waals surface area contributed by atoms with Gasteiger partial charge in [-0.3, -0.25) is 4.79 Å². The Bertz CT molecular complexity index is 593. The number of furan rings is 1. The summed E-state index contributed by atoms with van der Waals surface area (Å²) in [5.74, 6) is 0.660. The van der Waals surface area contributed by atoms with Crippen LogP contribution in [0.25, 0.3) is 11.3 Å². The average Bonchev–Trinajstić information content (AvgIpc) is 2.85. The Morgan fingerprint density at radius 2 is 2.16 bits per heavy atom. The van der Waals surface area contributed by atoms with Gasteiger partial charge in [-0.25, -0.2) is 0 Å². The predicted molar refractivity (Wildman–Crippen MR) is 75.3 cm³/mol. The quantitative estimate of drug-likeness (QED) is 0.903. The van der Waals surface area contributed by atoms with Crippen LogP contribution in [0.3, 0.4) is 0 Å². The molecule has 2 aromatic rings. The highest BCUT2D eigenvalue weighted by molar-refractivity contribution is 6.30. The zero-order valence-corrected chi connectivity index (χ0v) is 11.3. The van der Waals surface area contributed by atoms with Gasteiger partial charge in [-0.1, -0.05) is 11.6 Å². The second-order valence-corrected chi connectivity index (χ2v) is 4.60. The molecule has 1 heterocycles. The molecular weight excluding hydrogens is 264 g/mol. The monoisotopic (exact) mass is 278 g/mol. The molecule has 0 spiro atoms. The van der Waals surface area contributed by atoms with Crippen LogP contribution in [0.1, 0.15) is 16.1 Å². The van der Waals surface area contributed by atoms with E-state index in [9.17, 15) is 4.79 Å². The van der Waals surface area contributed by atoms with Crippen LogP contribution in [0.5, 0.6) is 0 Å². The number of carbonyl (C=O) groups excluding carboxylic acids is 1. The average molecular weight is 279 g/mol. The van der Waals surface area contributed by atoms with E-state index < -0.39 is 0 Å². The summed E-state index contributed by atoms with van der Waals surface area (Å²) in [6.45, 7) is 2.77. The Balaban J connectivity index is 2.23. The molecule has 0 saturated heterocycles. The topological polar surface area (TPSA) is 68.3 Å². The molecule has 1 amide bonds. The maximum absolute atomic E-state index is 11.7. The molecule has 0 bridgehead atoms. The Morgan fingerprint density at radius 1 is 1.37 bits per heavy atom. The lowest BCUT2D eigenvalue weighted by molar-refractivity contribution is 0.0928. The van der Waals surface area contributed by atoms with E-state index in [0.717, 1.165) is 11.1 Å². The lowest BCUT2D eigenvalue weighted by Gasteiger charge is -2.03. The number of hydrogen-bond donors (Lipinski definition) is 2. The highest BCUT2D eigenvalue weighted by atomic mass is 35.5. The van der Waals surface area contributed by atoms with Gasteiger partial charge in [0.25, 0.3) is 5.91 Å². The summed E-state index contributed by atoms with van der Waals surface area (Å²) in [6.07, 6.45) is 0. The summed E-state index contributed by atoms with van der Waals surface area (Å²) in [7, 11) is 0. The molecule has 5 heteroatoms. The third-order valence-electron chi connectivity index (χ3n) is 2.71. The zero-order valence-electron chi connectivity index (χ0n) is 10.6. The van der Waals surface area contributed by atoms with Gasteiger partial charge in [0, 0.05) is 23.7 Å². The lowest BCUT2D eigenvalue weighted by atomic mass is 10.1. The van der Waals surface area contributed by atoms with Crippen LogP contribution in [0.15, 0.2) is 34.7 Å². The minimum absolute atomic E-state index is 0.261. The molecule has 100 valence electrons. The van der Waals surface area contributed by atoms with E-state index >= 15 is 0 Å². The fourth-order valence-electron chi connectivity index (χ4n) is 1.78. The van der Waals surface area contributed by atoms with E-state index in [4.69, 9.17) is 21.8 Å². The number of nitrogens with two attached hydrogens (primary N) is 1. The van der Waals surface area contributed by atoms with Gasteiger partial charge in [-0.05, 0) is 42.8 Å². The van der Waals surface area contributed by atoms with E-state index in [0.29, 0.717) is 23.9 Å². The van der Waals surface area contributed by atoms with Crippen molar-refractivity contribution < 1.29 is 9.21 Å². The van der Waals surface area contributed by atoms with Crippen molar-refractivity contribution in [2.24, 2.45) is 5.73 Å². The van der Waals surface area contributed by atoms with E-state index in [1.807, 2.05) is 19.1 Å². The fourth-order valence-corrected chi connectivity index (χ4v) is 2.01. The van der Waals surface area contributed by atoms with Gasteiger partial charge in [0.05, 0.1) is 0 Å². The van der Waals surface area contributed by atoms with E-state index in [1.165, 1.54) is 0 Å². The van der Waals surface area contributed by atoms with Crippen LogP contribution in [0, 0.1) is 6.92 Å². The Labute approximate surface area is 116 Å². The molecular formula is C14H15ClN2O2. The lowest BCUT2D eigenvalue weighted by Crippen LogP contribution is -2.28. The molecule has 0 aliphatic rings. The molecule has 0 radical (unpaired) electrons. The normalized spacial score (nSPS) is 10.5. The van der Waals surface area contributed by atoms with Crippen molar-refractivity contribution in [2.75, 3.05) is 13.1 Å². The minimum atomic E-state index is -0.261. The Morgan fingerprint density at radius 3 is 2.84 bits per heavy atom. The first-order chi connectivity index (χ1) is 9.11. The van der Waals surface area contributed by atoms with Crippen LogP contribution in [0.4, 0.5) is 0 Å². The minimum Gasteiger partial charge on any atom is -0.451 e. The first-order valence-electron chi connectivity index (χ1n) is 5.96. The molecule has 0 aliphatic carbocycles. The van der Waals surface area contributed by atoms with Gasteiger partial charge in [0.1, 0.15) is 5.76 Å². The number of rotatable bonds is 4. The van der Waals surface area contributed by atoms with Crippen molar-refractivity contribution in [3.63, 3.8) is 0 Å². The number of hydrogen-bond acceptors (Lipinski definition) is 3. The van der Waals surface area contributed by atoms with Crippen LogP contribution >= 0.6 is 11.6 Å². The van der Waals surface area contributed by atoms with Gasteiger partial charge in [0.2, 0.25) is 0 Å². The third-order valence-corrected chi connectivity index (χ3v) is 2.95. The first-order valence-corrected chi connectivity index (χ1v) is 6.34. The smallest absolute Gasteiger partial charge is 0.287 e. The Hall–Kier alpha value is -1.78. The second kappa shape index (κ2) is 5.91. The molecule has 4 nitrogen and oxygen atoms in total. The highest BCUT2D eigenvalue weighted by Crippen LogP contribution is 2.27. The molecule has 0 fully saturated rings. The zero-order chi connectivity index (χ0) is 13.8. The summed E-state index contributed by atoms with van der Waals surface area (Å²) in [4.78, 5) is 11.7. The molecule has 2 rings (SSSR count). The molecule has 0 unspecified atom stereocenters. The summed E-state index contributed by atoms with van der Waals surface area (Å²) >= 11 is 5.91. The van der Waals surface area contributed by atoms with Gasteiger partial charge in [-0.2, -0.15) is 0 Å². The number of halogens is 1. The fraction of sp³-hybridized carbons (Fsp3) is 0.214. The van der Waals surface area contributed by atoms with Crippen molar-refractivity contribution in [1.82, 2.24) is 5.32 Å². The van der Waals surface area contributed by atoms with Crippen LogP contribution in [-0.2, 0) is 0 Å². The van der Waals surface area contributed by atoms with Crippen molar-refractivity contribution in [3.8, 4) is 11.3 Å². The van der Waals surface area contributed by atoms with Crippen molar-refractivity contribution in [1.29, 1.82) is 0 Å². The van der Waals surface area contributed by atoms with Crippen molar-refractivity contribution >= 4 is 17.5 Å². The number of carbonyl (C=O) groups is 1. The van der Waals surface area contributed by atoms with E-state index in [1.54, 1.807) is 18.2 Å². The maximum Gasteiger partial charge on any atom is 0.287 e. The SMILES string of the molecule is Cc1cc(Cl)ccc1-c1ccc(C(=O)NCCN)o1. The summed E-state index contributed by atoms with van der Waals surface area (Å²) in [5.41, 5.74) is 7.24. The number of nitrogens with one attached hydrogen (secondary N) is 1. The number of benzene rings is 1. The number of amides is 1. The predicted octanol–water partition coefficient (Wildman–Crippen LogP) is 2.60. The van der Waals surface area contributed by atoms with Crippen LogP contribution in [-0.4, -0.2) is 19.0 Å². The molecule has 3 N–H and O–H groups in total.